The number of hydrogen-bond acceptors (Lipinski definition) is 0. The molecule has 0 spiro atoms. The maximum Gasteiger partial charge on any atom is 0.126 e. The van der Waals surface area contributed by atoms with Gasteiger partial charge < -0.3 is 0 Å². The van der Waals surface area contributed by atoms with Gasteiger partial charge in [0.2, 0.25) is 0 Å². The van der Waals surface area contributed by atoms with Crippen LogP contribution in [0.5, 0.6) is 0 Å². The summed E-state index contributed by atoms with van der Waals surface area (Å²) in [6.07, 6.45) is 0. The fourth-order valence-electron chi connectivity index (χ4n) is 1.44. The predicted molar refractivity (Wildman–Crippen MR) is 57.2 cm³/mol. The van der Waals surface area contributed by atoms with Gasteiger partial charge in [-0.25, -0.2) is 8.78 Å². The molecule has 0 saturated heterocycles. The molecule has 0 fully saturated rings. The Morgan fingerprint density at radius 1 is 0.800 bits per heavy atom. The Morgan fingerprint density at radius 3 is 2.07 bits per heavy atom. The Bertz CT molecular complexity index is 474. The first-order chi connectivity index (χ1) is 7.15. The van der Waals surface area contributed by atoms with Crippen molar-refractivity contribution in [2.75, 3.05) is 0 Å². The minimum atomic E-state index is -0.590. The molecule has 3 heteroatoms. The van der Waals surface area contributed by atoms with E-state index in [2.05, 4.69) is 0 Å². The smallest absolute Gasteiger partial charge is 0.126 e. The van der Waals surface area contributed by atoms with Crippen LogP contribution in [0.3, 0.4) is 0 Å². The van der Waals surface area contributed by atoms with Crippen molar-refractivity contribution >= 4 is 13.3 Å². The Morgan fingerprint density at radius 2 is 1.47 bits per heavy atom. The van der Waals surface area contributed by atoms with Gasteiger partial charge in [0.15, 0.2) is 0 Å². The lowest BCUT2D eigenvalue weighted by atomic mass is 9.92. The lowest BCUT2D eigenvalue weighted by Crippen LogP contribution is -2.00. The summed E-state index contributed by atoms with van der Waals surface area (Å²) < 4.78 is 25.9. The Kier molecular flexibility index (Phi) is 2.54. The summed E-state index contributed by atoms with van der Waals surface area (Å²) in [6, 6.07) is 10.3. The average molecular weight is 200 g/mol. The molecule has 0 aliphatic heterocycles. The van der Waals surface area contributed by atoms with E-state index < -0.39 is 11.6 Å². The van der Waals surface area contributed by atoms with Crippen LogP contribution in [0.1, 0.15) is 0 Å². The highest BCUT2D eigenvalue weighted by atomic mass is 19.1. The summed E-state index contributed by atoms with van der Waals surface area (Å²) in [5.41, 5.74) is 1.75. The van der Waals surface area contributed by atoms with Crippen LogP contribution in [0, 0.1) is 11.6 Å². The summed E-state index contributed by atoms with van der Waals surface area (Å²) in [6.45, 7) is 0. The lowest BCUT2D eigenvalue weighted by Gasteiger charge is -2.03. The molecule has 0 aromatic heterocycles. The van der Waals surface area contributed by atoms with Gasteiger partial charge in [0.05, 0.1) is 0 Å². The van der Waals surface area contributed by atoms with Crippen LogP contribution in [-0.4, -0.2) is 7.85 Å². The molecule has 0 aliphatic carbocycles. The second kappa shape index (κ2) is 3.85. The maximum absolute atomic E-state index is 12.9. The zero-order chi connectivity index (χ0) is 10.8. The van der Waals surface area contributed by atoms with Crippen LogP contribution in [0.4, 0.5) is 8.78 Å². The minimum Gasteiger partial charge on any atom is -0.207 e. The van der Waals surface area contributed by atoms with Gasteiger partial charge in [-0.3, -0.25) is 0 Å². The van der Waals surface area contributed by atoms with E-state index in [1.807, 2.05) is 0 Å². The van der Waals surface area contributed by atoms with Gasteiger partial charge in [0, 0.05) is 6.07 Å². The Labute approximate surface area is 88.0 Å². The van der Waals surface area contributed by atoms with Crippen molar-refractivity contribution in [2.24, 2.45) is 0 Å². The van der Waals surface area contributed by atoms with Crippen molar-refractivity contribution in [3.63, 3.8) is 0 Å². The summed E-state index contributed by atoms with van der Waals surface area (Å²) in [7, 11) is 5.58. The predicted octanol–water partition coefficient (Wildman–Crippen LogP) is 2.43. The van der Waals surface area contributed by atoms with Crippen molar-refractivity contribution in [3.8, 4) is 11.1 Å². The molecular formula is C12H7BF2. The van der Waals surface area contributed by atoms with E-state index in [1.165, 1.54) is 12.1 Å². The van der Waals surface area contributed by atoms with Gasteiger partial charge in [0.25, 0.3) is 0 Å². The zero-order valence-electron chi connectivity index (χ0n) is 7.87. The molecule has 0 bridgehead atoms. The van der Waals surface area contributed by atoms with E-state index in [1.54, 1.807) is 24.3 Å². The fraction of sp³-hybridized carbons (Fsp3) is 0. The summed E-state index contributed by atoms with van der Waals surface area (Å²) >= 11 is 0. The SMILES string of the molecule is [B]c1cccc(-c2cc(F)cc(F)c2)c1. The van der Waals surface area contributed by atoms with Crippen LogP contribution >= 0.6 is 0 Å². The van der Waals surface area contributed by atoms with Gasteiger partial charge in [-0.1, -0.05) is 29.7 Å². The molecule has 15 heavy (non-hydrogen) atoms. The fourth-order valence-corrected chi connectivity index (χ4v) is 1.44. The molecule has 0 nitrogen and oxygen atoms in total. The molecule has 0 heterocycles. The first-order valence-corrected chi connectivity index (χ1v) is 4.47. The van der Waals surface area contributed by atoms with Crippen molar-refractivity contribution in [1.82, 2.24) is 0 Å². The maximum atomic E-state index is 12.9. The van der Waals surface area contributed by atoms with Crippen LogP contribution in [0.25, 0.3) is 11.1 Å². The van der Waals surface area contributed by atoms with E-state index in [0.29, 0.717) is 16.6 Å². The van der Waals surface area contributed by atoms with Crippen LogP contribution < -0.4 is 5.46 Å². The molecule has 0 amide bonds. The van der Waals surface area contributed by atoms with Gasteiger partial charge in [0.1, 0.15) is 19.5 Å². The number of benzene rings is 2. The second-order valence-corrected chi connectivity index (χ2v) is 3.28. The molecule has 2 rings (SSSR count). The molecule has 0 aliphatic rings. The van der Waals surface area contributed by atoms with Gasteiger partial charge >= 0.3 is 0 Å². The van der Waals surface area contributed by atoms with Crippen LogP contribution in [0.15, 0.2) is 42.5 Å². The highest BCUT2D eigenvalue weighted by molar-refractivity contribution is 6.32. The summed E-state index contributed by atoms with van der Waals surface area (Å²) in [4.78, 5) is 0. The molecule has 0 unspecified atom stereocenters. The molecule has 72 valence electrons. The largest absolute Gasteiger partial charge is 0.207 e. The second-order valence-electron chi connectivity index (χ2n) is 3.28. The molecule has 2 aromatic rings. The molecular weight excluding hydrogens is 193 g/mol. The molecule has 0 saturated carbocycles. The summed E-state index contributed by atoms with van der Waals surface area (Å²) in [5, 5.41) is 0. The van der Waals surface area contributed by atoms with E-state index in [9.17, 15) is 8.78 Å². The van der Waals surface area contributed by atoms with Gasteiger partial charge in [-0.05, 0) is 23.3 Å². The first kappa shape index (κ1) is 9.90. The molecule has 0 N–H and O–H groups in total. The third kappa shape index (κ3) is 2.24. The van der Waals surface area contributed by atoms with Crippen molar-refractivity contribution in [3.05, 3.63) is 54.1 Å². The first-order valence-electron chi connectivity index (χ1n) is 4.47. The zero-order valence-corrected chi connectivity index (χ0v) is 7.87. The number of rotatable bonds is 1. The van der Waals surface area contributed by atoms with E-state index >= 15 is 0 Å². The van der Waals surface area contributed by atoms with Crippen molar-refractivity contribution < 1.29 is 8.78 Å². The monoisotopic (exact) mass is 200 g/mol. The van der Waals surface area contributed by atoms with Crippen LogP contribution in [-0.2, 0) is 0 Å². The quantitative estimate of drug-likeness (QED) is 0.620. The number of hydrogen-bond donors (Lipinski definition) is 0. The summed E-state index contributed by atoms with van der Waals surface area (Å²) in [5.74, 6) is -1.18. The van der Waals surface area contributed by atoms with E-state index in [4.69, 9.17) is 7.85 Å². The highest BCUT2D eigenvalue weighted by Gasteiger charge is 2.02. The van der Waals surface area contributed by atoms with E-state index in [0.717, 1.165) is 6.07 Å². The lowest BCUT2D eigenvalue weighted by molar-refractivity contribution is 0.584. The normalized spacial score (nSPS) is 10.3. The van der Waals surface area contributed by atoms with Gasteiger partial charge in [-0.2, -0.15) is 0 Å². The Hall–Kier alpha value is -1.64. The third-order valence-electron chi connectivity index (χ3n) is 2.08. The van der Waals surface area contributed by atoms with E-state index in [-0.39, 0.29) is 0 Å². The molecule has 2 aromatic carbocycles. The molecule has 2 radical (unpaired) electrons. The highest BCUT2D eigenvalue weighted by Crippen LogP contribution is 2.20. The van der Waals surface area contributed by atoms with Crippen LogP contribution in [0.2, 0.25) is 0 Å². The third-order valence-corrected chi connectivity index (χ3v) is 2.08. The number of halogens is 2. The van der Waals surface area contributed by atoms with Gasteiger partial charge in [-0.15, -0.1) is 0 Å². The van der Waals surface area contributed by atoms with Crippen molar-refractivity contribution in [2.45, 2.75) is 0 Å². The minimum absolute atomic E-state index is 0.486. The average Bonchev–Trinajstić information content (AvgIpc) is 2.16. The topological polar surface area (TPSA) is 0 Å². The van der Waals surface area contributed by atoms with Crippen molar-refractivity contribution in [1.29, 1.82) is 0 Å². The molecule has 0 atom stereocenters. The Balaban J connectivity index is 2.54. The standard InChI is InChI=1S/C12H7BF2/c13-10-3-1-2-8(4-10)9-5-11(14)7-12(15)6-9/h1-7H.